The van der Waals surface area contributed by atoms with Crippen molar-refractivity contribution in [3.05, 3.63) is 52.1 Å². The molecular formula is C18H22Cl2N4O2. The topological polar surface area (TPSA) is 86.3 Å². The van der Waals surface area contributed by atoms with Crippen LogP contribution in [0.3, 0.4) is 0 Å². The maximum absolute atomic E-state index is 11.9. The summed E-state index contributed by atoms with van der Waals surface area (Å²) in [7, 11) is 0. The highest BCUT2D eigenvalue weighted by molar-refractivity contribution is 6.35. The van der Waals surface area contributed by atoms with Crippen molar-refractivity contribution in [2.24, 2.45) is 0 Å². The molecule has 6 nitrogen and oxygen atoms in total. The maximum Gasteiger partial charge on any atom is 0.315 e. The monoisotopic (exact) mass is 396 g/mol. The number of phenolic OH excluding ortho intramolecular Hbond substituents is 1. The second-order valence-corrected chi connectivity index (χ2v) is 6.76. The number of carbonyl (C=O) groups is 1. The predicted molar refractivity (Wildman–Crippen MR) is 105 cm³/mol. The van der Waals surface area contributed by atoms with Gasteiger partial charge in [-0.15, -0.1) is 0 Å². The fourth-order valence-electron chi connectivity index (χ4n) is 2.29. The molecule has 1 atom stereocenters. The predicted octanol–water partition coefficient (Wildman–Crippen LogP) is 3.83. The number of nitrogens with one attached hydrogen (secondary N) is 3. The molecule has 8 heteroatoms. The van der Waals surface area contributed by atoms with Crippen molar-refractivity contribution in [1.29, 1.82) is 0 Å². The highest BCUT2D eigenvalue weighted by Gasteiger charge is 2.07. The SMILES string of the molecule is CC(CCc1ccc(O)cc1)NC(=O)NCCNc1ncc(Cl)cc1Cl. The van der Waals surface area contributed by atoms with Gasteiger partial charge in [-0.05, 0) is 43.5 Å². The van der Waals surface area contributed by atoms with E-state index in [-0.39, 0.29) is 17.8 Å². The summed E-state index contributed by atoms with van der Waals surface area (Å²) < 4.78 is 0. The quantitative estimate of drug-likeness (QED) is 0.510. The number of aromatic hydroxyl groups is 1. The van der Waals surface area contributed by atoms with Crippen molar-refractivity contribution >= 4 is 35.1 Å². The molecule has 0 radical (unpaired) electrons. The second-order valence-electron chi connectivity index (χ2n) is 5.92. The summed E-state index contributed by atoms with van der Waals surface area (Å²) in [5, 5.41) is 18.9. The van der Waals surface area contributed by atoms with Gasteiger partial charge in [0.25, 0.3) is 0 Å². The fourth-order valence-corrected chi connectivity index (χ4v) is 2.74. The summed E-state index contributed by atoms with van der Waals surface area (Å²) in [6.45, 7) is 2.87. The highest BCUT2D eigenvalue weighted by Crippen LogP contribution is 2.22. The molecule has 0 fully saturated rings. The van der Waals surface area contributed by atoms with Crippen molar-refractivity contribution < 1.29 is 9.90 Å². The first-order valence-electron chi connectivity index (χ1n) is 8.31. The summed E-state index contributed by atoms with van der Waals surface area (Å²) in [4.78, 5) is 16.0. The van der Waals surface area contributed by atoms with Crippen molar-refractivity contribution in [2.45, 2.75) is 25.8 Å². The van der Waals surface area contributed by atoms with Crippen molar-refractivity contribution in [1.82, 2.24) is 15.6 Å². The minimum atomic E-state index is -0.222. The van der Waals surface area contributed by atoms with Gasteiger partial charge in [-0.1, -0.05) is 35.3 Å². The average Bonchev–Trinajstić information content (AvgIpc) is 2.59. The Kier molecular flexibility index (Phi) is 7.81. The number of halogens is 2. The van der Waals surface area contributed by atoms with E-state index in [0.29, 0.717) is 29.0 Å². The molecule has 2 rings (SSSR count). The zero-order valence-electron chi connectivity index (χ0n) is 14.4. The molecule has 0 saturated heterocycles. The number of aromatic nitrogens is 1. The Bertz CT molecular complexity index is 726. The number of carbonyl (C=O) groups excluding carboxylic acids is 1. The second kappa shape index (κ2) is 10.1. The molecule has 1 aromatic heterocycles. The minimum Gasteiger partial charge on any atom is -0.508 e. The van der Waals surface area contributed by atoms with Crippen LogP contribution in [0.5, 0.6) is 5.75 Å². The molecule has 1 heterocycles. The van der Waals surface area contributed by atoms with E-state index in [4.69, 9.17) is 23.2 Å². The fraction of sp³-hybridized carbons (Fsp3) is 0.333. The van der Waals surface area contributed by atoms with Gasteiger partial charge in [-0.2, -0.15) is 0 Å². The lowest BCUT2D eigenvalue weighted by molar-refractivity contribution is 0.237. The third kappa shape index (κ3) is 6.98. The van der Waals surface area contributed by atoms with E-state index >= 15 is 0 Å². The first kappa shape index (κ1) is 20.1. The van der Waals surface area contributed by atoms with E-state index in [1.807, 2.05) is 19.1 Å². The summed E-state index contributed by atoms with van der Waals surface area (Å²) in [5.41, 5.74) is 1.12. The van der Waals surface area contributed by atoms with Gasteiger partial charge >= 0.3 is 6.03 Å². The molecule has 4 N–H and O–H groups in total. The van der Waals surface area contributed by atoms with Crippen LogP contribution in [-0.2, 0) is 6.42 Å². The van der Waals surface area contributed by atoms with Crippen LogP contribution in [0.1, 0.15) is 18.9 Å². The molecule has 1 unspecified atom stereocenters. The first-order chi connectivity index (χ1) is 12.4. The van der Waals surface area contributed by atoms with Gasteiger partial charge in [-0.25, -0.2) is 9.78 Å². The summed E-state index contributed by atoms with van der Waals surface area (Å²) in [6, 6.07) is 8.50. The van der Waals surface area contributed by atoms with Crippen LogP contribution in [0.4, 0.5) is 10.6 Å². The molecule has 26 heavy (non-hydrogen) atoms. The van der Waals surface area contributed by atoms with Crippen LogP contribution in [0.25, 0.3) is 0 Å². The van der Waals surface area contributed by atoms with E-state index in [1.54, 1.807) is 18.2 Å². The summed E-state index contributed by atoms with van der Waals surface area (Å²) in [6.07, 6.45) is 3.14. The third-order valence-corrected chi connectivity index (χ3v) is 4.19. The minimum absolute atomic E-state index is 0.0316. The number of amides is 2. The molecule has 140 valence electrons. The molecule has 2 aromatic rings. The standard InChI is InChI=1S/C18H22Cl2N4O2/c1-12(2-3-13-4-6-15(25)7-5-13)24-18(26)22-9-8-21-17-16(20)10-14(19)11-23-17/h4-7,10-12,25H,2-3,8-9H2,1H3,(H,21,23)(H2,22,24,26). The summed E-state index contributed by atoms with van der Waals surface area (Å²) in [5.74, 6) is 0.781. The van der Waals surface area contributed by atoms with Crippen molar-refractivity contribution in [3.8, 4) is 5.75 Å². The van der Waals surface area contributed by atoms with Crippen LogP contribution in [0.15, 0.2) is 36.5 Å². The Morgan fingerprint density at radius 3 is 2.65 bits per heavy atom. The Morgan fingerprint density at radius 1 is 1.23 bits per heavy atom. The number of benzene rings is 1. The number of phenols is 1. The van der Waals surface area contributed by atoms with Gasteiger partial charge in [0.15, 0.2) is 0 Å². The van der Waals surface area contributed by atoms with Gasteiger partial charge in [0.2, 0.25) is 0 Å². The molecule has 0 aliphatic heterocycles. The van der Waals surface area contributed by atoms with E-state index in [2.05, 4.69) is 20.9 Å². The number of anilines is 1. The van der Waals surface area contributed by atoms with Gasteiger partial charge in [-0.3, -0.25) is 0 Å². The molecular weight excluding hydrogens is 375 g/mol. The lowest BCUT2D eigenvalue weighted by Crippen LogP contribution is -2.42. The van der Waals surface area contributed by atoms with E-state index in [0.717, 1.165) is 18.4 Å². The Hall–Kier alpha value is -2.18. The summed E-state index contributed by atoms with van der Waals surface area (Å²) >= 11 is 11.8. The van der Waals surface area contributed by atoms with Crippen LogP contribution in [-0.4, -0.2) is 35.3 Å². The number of aryl methyl sites for hydroxylation is 1. The largest absolute Gasteiger partial charge is 0.508 e. The van der Waals surface area contributed by atoms with Crippen molar-refractivity contribution in [2.75, 3.05) is 18.4 Å². The molecule has 0 saturated carbocycles. The van der Waals surface area contributed by atoms with Crippen LogP contribution < -0.4 is 16.0 Å². The highest BCUT2D eigenvalue weighted by atomic mass is 35.5. The molecule has 0 bridgehead atoms. The van der Waals surface area contributed by atoms with Gasteiger partial charge in [0.1, 0.15) is 11.6 Å². The maximum atomic E-state index is 11.9. The van der Waals surface area contributed by atoms with Crippen LogP contribution >= 0.6 is 23.2 Å². The van der Waals surface area contributed by atoms with E-state index < -0.39 is 0 Å². The number of urea groups is 1. The van der Waals surface area contributed by atoms with Crippen molar-refractivity contribution in [3.63, 3.8) is 0 Å². The number of hydrogen-bond acceptors (Lipinski definition) is 4. The lowest BCUT2D eigenvalue weighted by Gasteiger charge is -2.15. The number of rotatable bonds is 8. The van der Waals surface area contributed by atoms with Gasteiger partial charge in [0, 0.05) is 25.3 Å². The normalized spacial score (nSPS) is 11.7. The van der Waals surface area contributed by atoms with E-state index in [9.17, 15) is 9.90 Å². The number of pyridine rings is 1. The first-order valence-corrected chi connectivity index (χ1v) is 9.07. The van der Waals surface area contributed by atoms with Gasteiger partial charge < -0.3 is 21.1 Å². The van der Waals surface area contributed by atoms with Crippen LogP contribution in [0.2, 0.25) is 10.0 Å². The molecule has 0 aliphatic carbocycles. The smallest absolute Gasteiger partial charge is 0.315 e. The third-order valence-electron chi connectivity index (χ3n) is 3.69. The Balaban J connectivity index is 1.62. The number of hydrogen-bond donors (Lipinski definition) is 4. The lowest BCUT2D eigenvalue weighted by atomic mass is 10.1. The molecule has 0 spiro atoms. The Labute approximate surface area is 162 Å². The zero-order chi connectivity index (χ0) is 18.9. The Morgan fingerprint density at radius 2 is 1.96 bits per heavy atom. The van der Waals surface area contributed by atoms with E-state index in [1.165, 1.54) is 6.20 Å². The zero-order valence-corrected chi connectivity index (χ0v) is 15.9. The molecule has 2 amide bonds. The molecule has 1 aromatic carbocycles. The van der Waals surface area contributed by atoms with Gasteiger partial charge in [0.05, 0.1) is 10.0 Å². The van der Waals surface area contributed by atoms with Crippen LogP contribution in [0, 0.1) is 0 Å². The number of nitrogens with zero attached hydrogens (tertiary/aromatic N) is 1. The molecule has 0 aliphatic rings. The average molecular weight is 397 g/mol.